The summed E-state index contributed by atoms with van der Waals surface area (Å²) in [6.45, 7) is 0.593. The lowest BCUT2D eigenvalue weighted by molar-refractivity contribution is 0.245. The van der Waals surface area contributed by atoms with Crippen LogP contribution in [0.3, 0.4) is 0 Å². The summed E-state index contributed by atoms with van der Waals surface area (Å²) in [5.74, 6) is 0. The second-order valence-electron chi connectivity index (χ2n) is 4.47. The van der Waals surface area contributed by atoms with E-state index in [0.717, 1.165) is 5.56 Å². The first-order chi connectivity index (χ1) is 10.2. The lowest BCUT2D eigenvalue weighted by atomic mass is 10.2. The summed E-state index contributed by atoms with van der Waals surface area (Å²) in [4.78, 5) is 23.0. The molecule has 3 N–H and O–H groups in total. The van der Waals surface area contributed by atoms with Gasteiger partial charge >= 0.3 is 6.03 Å². The molecule has 0 aliphatic heterocycles. The molecule has 21 heavy (non-hydrogen) atoms. The van der Waals surface area contributed by atoms with Crippen molar-refractivity contribution < 1.29 is 9.90 Å². The van der Waals surface area contributed by atoms with Crippen molar-refractivity contribution >= 4 is 11.7 Å². The van der Waals surface area contributed by atoms with Crippen LogP contribution in [-0.2, 0) is 6.54 Å². The zero-order valence-corrected chi connectivity index (χ0v) is 11.5. The number of nitrogens with one attached hydrogen (secondary N) is 2. The number of aliphatic hydroxyl groups is 1. The van der Waals surface area contributed by atoms with E-state index in [1.165, 1.54) is 6.07 Å². The van der Waals surface area contributed by atoms with Gasteiger partial charge in [-0.1, -0.05) is 18.2 Å². The molecule has 2 aromatic rings. The number of anilines is 1. The van der Waals surface area contributed by atoms with Crippen molar-refractivity contribution in [2.24, 2.45) is 0 Å². The molecule has 0 saturated heterocycles. The lowest BCUT2D eigenvalue weighted by Gasteiger charge is -2.08. The average molecular weight is 287 g/mol. The van der Waals surface area contributed by atoms with Crippen molar-refractivity contribution in [1.29, 1.82) is 0 Å². The Morgan fingerprint density at radius 2 is 1.90 bits per heavy atom. The number of nitrogens with zero attached hydrogens (tertiary/aromatic N) is 1. The smallest absolute Gasteiger partial charge is 0.319 e. The molecule has 0 spiro atoms. The summed E-state index contributed by atoms with van der Waals surface area (Å²) >= 11 is 0. The molecule has 0 aliphatic carbocycles. The van der Waals surface area contributed by atoms with E-state index in [1.54, 1.807) is 29.0 Å². The Bertz CT molecular complexity index is 650. The summed E-state index contributed by atoms with van der Waals surface area (Å²) in [7, 11) is 0. The molecule has 6 heteroatoms. The minimum absolute atomic E-state index is 0.0527. The van der Waals surface area contributed by atoms with Crippen LogP contribution in [0, 0.1) is 0 Å². The Hall–Kier alpha value is -2.60. The van der Waals surface area contributed by atoms with E-state index < -0.39 is 0 Å². The van der Waals surface area contributed by atoms with E-state index in [0.29, 0.717) is 12.2 Å². The zero-order chi connectivity index (χ0) is 15.1. The van der Waals surface area contributed by atoms with Gasteiger partial charge in [-0.25, -0.2) is 4.79 Å². The lowest BCUT2D eigenvalue weighted by Crippen LogP contribution is -2.30. The van der Waals surface area contributed by atoms with Gasteiger partial charge in [0.1, 0.15) is 0 Å². The van der Waals surface area contributed by atoms with Crippen LogP contribution in [0.1, 0.15) is 5.56 Å². The van der Waals surface area contributed by atoms with Crippen molar-refractivity contribution in [2.45, 2.75) is 6.54 Å². The van der Waals surface area contributed by atoms with E-state index in [9.17, 15) is 9.59 Å². The number of carbonyl (C=O) groups is 1. The van der Waals surface area contributed by atoms with Gasteiger partial charge in [0.2, 0.25) is 0 Å². The van der Waals surface area contributed by atoms with Crippen molar-refractivity contribution in [1.82, 2.24) is 9.88 Å². The van der Waals surface area contributed by atoms with E-state index >= 15 is 0 Å². The first kappa shape index (κ1) is 14.8. The van der Waals surface area contributed by atoms with Gasteiger partial charge in [0.05, 0.1) is 13.2 Å². The van der Waals surface area contributed by atoms with Gasteiger partial charge in [-0.2, -0.15) is 0 Å². The van der Waals surface area contributed by atoms with Crippen LogP contribution in [0.2, 0.25) is 0 Å². The predicted molar refractivity (Wildman–Crippen MR) is 80.4 cm³/mol. The normalized spacial score (nSPS) is 10.1. The number of carbonyl (C=O) groups excluding carboxylic acids is 1. The number of benzene rings is 1. The molecule has 1 heterocycles. The number of amides is 2. The number of hydrogen-bond acceptors (Lipinski definition) is 3. The van der Waals surface area contributed by atoms with Crippen LogP contribution >= 0.6 is 0 Å². The number of rotatable bonds is 5. The summed E-state index contributed by atoms with van der Waals surface area (Å²) in [5, 5.41) is 13.8. The van der Waals surface area contributed by atoms with Crippen LogP contribution < -0.4 is 16.2 Å². The van der Waals surface area contributed by atoms with Gasteiger partial charge in [0, 0.05) is 24.5 Å². The summed E-state index contributed by atoms with van der Waals surface area (Å²) in [6, 6.07) is 11.9. The molecule has 0 saturated carbocycles. The standard InChI is InChI=1S/C15H17N3O3/c19-10-8-16-15(21)17-13-6-4-12(5-7-13)11-18-9-2-1-3-14(18)20/h1-7,9,19H,8,10-11H2,(H2,16,17,21). The molecule has 1 aromatic heterocycles. The maximum absolute atomic E-state index is 11.6. The second-order valence-corrected chi connectivity index (χ2v) is 4.47. The van der Waals surface area contributed by atoms with Crippen LogP contribution in [0.4, 0.5) is 10.5 Å². The van der Waals surface area contributed by atoms with Gasteiger partial charge in [-0.3, -0.25) is 4.79 Å². The maximum Gasteiger partial charge on any atom is 0.319 e. The third kappa shape index (κ3) is 4.47. The van der Waals surface area contributed by atoms with Crippen molar-refractivity contribution in [2.75, 3.05) is 18.5 Å². The first-order valence-electron chi connectivity index (χ1n) is 6.59. The molecule has 0 aliphatic rings. The average Bonchev–Trinajstić information content (AvgIpc) is 2.49. The topological polar surface area (TPSA) is 83.4 Å². The minimum Gasteiger partial charge on any atom is -0.395 e. The molecule has 0 radical (unpaired) electrons. The highest BCUT2D eigenvalue weighted by atomic mass is 16.3. The highest BCUT2D eigenvalue weighted by Crippen LogP contribution is 2.10. The van der Waals surface area contributed by atoms with Crippen LogP contribution in [-0.4, -0.2) is 28.9 Å². The first-order valence-corrected chi connectivity index (χ1v) is 6.59. The SMILES string of the molecule is O=C(NCCO)Nc1ccc(Cn2ccccc2=O)cc1. The minimum atomic E-state index is -0.365. The summed E-state index contributed by atoms with van der Waals surface area (Å²) in [6.07, 6.45) is 1.73. The molecule has 6 nitrogen and oxygen atoms in total. The molecule has 2 rings (SSSR count). The van der Waals surface area contributed by atoms with Crippen molar-refractivity contribution in [3.63, 3.8) is 0 Å². The van der Waals surface area contributed by atoms with Gasteiger partial charge < -0.3 is 20.3 Å². The van der Waals surface area contributed by atoms with Gasteiger partial charge in [0.15, 0.2) is 0 Å². The molecule has 1 aromatic carbocycles. The molecular weight excluding hydrogens is 270 g/mol. The fourth-order valence-electron chi connectivity index (χ4n) is 1.83. The molecule has 0 bridgehead atoms. The number of pyridine rings is 1. The Morgan fingerprint density at radius 3 is 2.57 bits per heavy atom. The van der Waals surface area contributed by atoms with E-state index in [-0.39, 0.29) is 24.7 Å². The van der Waals surface area contributed by atoms with Crippen molar-refractivity contribution in [3.05, 3.63) is 64.6 Å². The Morgan fingerprint density at radius 1 is 1.14 bits per heavy atom. The number of hydrogen-bond donors (Lipinski definition) is 3. The van der Waals surface area contributed by atoms with Crippen LogP contribution in [0.15, 0.2) is 53.5 Å². The van der Waals surface area contributed by atoms with Crippen LogP contribution in [0.25, 0.3) is 0 Å². The molecular formula is C15H17N3O3. The maximum atomic E-state index is 11.6. The predicted octanol–water partition coefficient (Wildman–Crippen LogP) is 1.01. The Labute approximate surface area is 122 Å². The van der Waals surface area contributed by atoms with Gasteiger partial charge in [-0.05, 0) is 23.8 Å². The zero-order valence-electron chi connectivity index (χ0n) is 11.5. The highest BCUT2D eigenvalue weighted by molar-refractivity contribution is 5.89. The fourth-order valence-corrected chi connectivity index (χ4v) is 1.83. The molecule has 2 amide bonds. The monoisotopic (exact) mass is 287 g/mol. The highest BCUT2D eigenvalue weighted by Gasteiger charge is 2.01. The Kier molecular flexibility index (Phi) is 5.11. The van der Waals surface area contributed by atoms with Crippen molar-refractivity contribution in [3.8, 4) is 0 Å². The van der Waals surface area contributed by atoms with E-state index in [2.05, 4.69) is 10.6 Å². The number of aromatic nitrogens is 1. The third-order valence-electron chi connectivity index (χ3n) is 2.86. The second kappa shape index (κ2) is 7.25. The largest absolute Gasteiger partial charge is 0.395 e. The van der Waals surface area contributed by atoms with Gasteiger partial charge in [-0.15, -0.1) is 0 Å². The molecule has 0 unspecified atom stereocenters. The van der Waals surface area contributed by atoms with Crippen LogP contribution in [0.5, 0.6) is 0 Å². The molecule has 110 valence electrons. The fraction of sp³-hybridized carbons (Fsp3) is 0.200. The summed E-state index contributed by atoms with van der Waals surface area (Å²) in [5.41, 5.74) is 1.56. The summed E-state index contributed by atoms with van der Waals surface area (Å²) < 4.78 is 1.61. The quantitative estimate of drug-likeness (QED) is 0.767. The molecule has 0 atom stereocenters. The Balaban J connectivity index is 1.98. The number of urea groups is 1. The van der Waals surface area contributed by atoms with E-state index in [1.807, 2.05) is 18.2 Å². The number of aliphatic hydroxyl groups excluding tert-OH is 1. The van der Waals surface area contributed by atoms with E-state index in [4.69, 9.17) is 5.11 Å². The van der Waals surface area contributed by atoms with Gasteiger partial charge in [0.25, 0.3) is 5.56 Å². The third-order valence-corrected chi connectivity index (χ3v) is 2.86. The molecule has 0 fully saturated rings.